The van der Waals surface area contributed by atoms with E-state index in [0.717, 1.165) is 24.8 Å². The van der Waals surface area contributed by atoms with Gasteiger partial charge < -0.3 is 20.3 Å². The Bertz CT molecular complexity index is 1130. The van der Waals surface area contributed by atoms with Gasteiger partial charge >= 0.3 is 5.91 Å². The Morgan fingerprint density at radius 3 is 2.67 bits per heavy atom. The Morgan fingerprint density at radius 1 is 1.24 bits per heavy atom. The van der Waals surface area contributed by atoms with Gasteiger partial charge in [0.2, 0.25) is 0 Å². The number of nitroso groups, excluding NO2 is 1. The molecule has 0 bridgehead atoms. The van der Waals surface area contributed by atoms with Crippen LogP contribution in [0.4, 0.5) is 0 Å². The number of carbonyl (C=O) groups is 1. The zero-order valence-corrected chi connectivity index (χ0v) is 19.1. The van der Waals surface area contributed by atoms with Crippen molar-refractivity contribution in [3.05, 3.63) is 50.7 Å². The van der Waals surface area contributed by atoms with Crippen LogP contribution >= 0.6 is 0 Å². The number of aromatic nitrogens is 1. The third-order valence-corrected chi connectivity index (χ3v) is 5.84. The molecule has 1 aromatic carbocycles. The molecule has 1 atom stereocenters. The fraction of sp³-hybridized carbons (Fsp3) is 0.478. The second-order valence-electron chi connectivity index (χ2n) is 9.19. The Morgan fingerprint density at radius 2 is 2.00 bits per heavy atom. The van der Waals surface area contributed by atoms with E-state index < -0.39 is 11.3 Å². The molecule has 33 heavy (non-hydrogen) atoms. The summed E-state index contributed by atoms with van der Waals surface area (Å²) >= 11 is 0. The number of phenols is 1. The van der Waals surface area contributed by atoms with Gasteiger partial charge in [0, 0.05) is 29.0 Å². The number of hydrogen-bond donors (Lipinski definition) is 2. The highest BCUT2D eigenvalue weighted by atomic mass is 16.5. The van der Waals surface area contributed by atoms with Crippen LogP contribution in [-0.4, -0.2) is 28.7 Å². The first-order valence-corrected chi connectivity index (χ1v) is 10.9. The van der Waals surface area contributed by atoms with Crippen LogP contribution in [0, 0.1) is 10.3 Å². The molecule has 176 valence electrons. The summed E-state index contributed by atoms with van der Waals surface area (Å²) in [7, 11) is 0. The van der Waals surface area contributed by atoms with Gasteiger partial charge in [-0.15, -0.1) is 4.91 Å². The lowest BCUT2D eigenvalue weighted by Crippen LogP contribution is -2.32. The quantitative estimate of drug-likeness (QED) is 0.201. The number of pyridine rings is 1. The van der Waals surface area contributed by atoms with Crippen LogP contribution in [0.5, 0.6) is 11.5 Å². The van der Waals surface area contributed by atoms with Crippen molar-refractivity contribution in [1.82, 2.24) is 4.57 Å². The minimum atomic E-state index is -1.09. The third-order valence-electron chi connectivity index (χ3n) is 5.84. The van der Waals surface area contributed by atoms with Crippen molar-refractivity contribution in [3.63, 3.8) is 0 Å². The van der Waals surface area contributed by atoms with E-state index in [2.05, 4.69) is 36.3 Å². The standard InChI is InChI=1S/C23H29N5O5/c1-23(2,3)21-10-14-9-20(33-8-6-4-5-7-25-27-24)19(30)11-15(14)17-12-18(29)16(13-28(17)21)22(31)26-32/h9,11-13,21,30H,4-8,10H2,1-3H3,(H2,24,25)/t21-/m1/s1. The van der Waals surface area contributed by atoms with Gasteiger partial charge in [0.1, 0.15) is 5.56 Å². The van der Waals surface area contributed by atoms with Crippen molar-refractivity contribution < 1.29 is 14.6 Å². The zero-order valence-electron chi connectivity index (χ0n) is 19.1. The summed E-state index contributed by atoms with van der Waals surface area (Å²) < 4.78 is 7.65. The Balaban J connectivity index is 1.93. The maximum Gasteiger partial charge on any atom is 0.322 e. The smallest absolute Gasteiger partial charge is 0.322 e. The Labute approximate surface area is 191 Å². The molecule has 0 spiro atoms. The number of nitrogens with zero attached hydrogens (tertiary/aromatic N) is 4. The number of fused-ring (bicyclic) bond motifs is 3. The summed E-state index contributed by atoms with van der Waals surface area (Å²) in [6, 6.07) is 4.61. The average Bonchev–Trinajstić information content (AvgIpc) is 2.77. The van der Waals surface area contributed by atoms with E-state index >= 15 is 0 Å². The van der Waals surface area contributed by atoms with Crippen LogP contribution in [0.3, 0.4) is 0 Å². The maximum atomic E-state index is 12.5. The number of ether oxygens (including phenoxy) is 1. The van der Waals surface area contributed by atoms with Crippen molar-refractivity contribution >= 4 is 5.91 Å². The maximum absolute atomic E-state index is 12.5. The van der Waals surface area contributed by atoms with Crippen LogP contribution in [0.15, 0.2) is 44.7 Å². The third kappa shape index (κ3) is 5.27. The normalized spacial score (nSPS) is 15.2. The summed E-state index contributed by atoms with van der Waals surface area (Å²) in [6.45, 7) is 7.20. The number of aromatic hydroxyl groups is 1. The first-order valence-electron chi connectivity index (χ1n) is 10.9. The minimum absolute atomic E-state index is 0.0337. The van der Waals surface area contributed by atoms with E-state index in [1.54, 1.807) is 6.07 Å². The van der Waals surface area contributed by atoms with E-state index in [1.165, 1.54) is 12.3 Å². The van der Waals surface area contributed by atoms with Crippen molar-refractivity contribution in [2.75, 3.05) is 13.2 Å². The van der Waals surface area contributed by atoms with Gasteiger partial charge in [0.15, 0.2) is 16.9 Å². The number of hydrogen-bond acceptors (Lipinski definition) is 7. The highest BCUT2D eigenvalue weighted by Crippen LogP contribution is 2.45. The number of unbranched alkanes of at least 4 members (excludes halogenated alkanes) is 2. The Hall–Kier alpha value is -3.56. The van der Waals surface area contributed by atoms with Crippen molar-refractivity contribution in [1.29, 1.82) is 0 Å². The van der Waals surface area contributed by atoms with Crippen molar-refractivity contribution in [2.24, 2.45) is 26.8 Å². The molecule has 0 aliphatic carbocycles. The second kappa shape index (κ2) is 9.93. The first kappa shape index (κ1) is 24.1. The molecule has 10 nitrogen and oxygen atoms in total. The first-order chi connectivity index (χ1) is 15.7. The molecule has 1 aliphatic rings. The molecule has 1 aliphatic heterocycles. The van der Waals surface area contributed by atoms with Crippen LogP contribution in [0.25, 0.3) is 11.3 Å². The number of amides is 1. The molecule has 3 rings (SSSR count). The molecule has 0 unspecified atom stereocenters. The van der Waals surface area contributed by atoms with Crippen LogP contribution < -0.4 is 16.0 Å². The van der Waals surface area contributed by atoms with E-state index in [4.69, 9.17) is 10.6 Å². The van der Waals surface area contributed by atoms with Gasteiger partial charge in [-0.1, -0.05) is 26.0 Å². The highest BCUT2D eigenvalue weighted by Gasteiger charge is 2.34. The number of phenolic OH excluding ortho intramolecular Hbond substituents is 1. The largest absolute Gasteiger partial charge is 0.504 e. The predicted molar refractivity (Wildman–Crippen MR) is 123 cm³/mol. The van der Waals surface area contributed by atoms with Crippen molar-refractivity contribution in [2.45, 2.75) is 52.5 Å². The van der Waals surface area contributed by atoms with E-state index in [1.807, 2.05) is 10.6 Å². The number of benzene rings is 1. The summed E-state index contributed by atoms with van der Waals surface area (Å²) in [4.78, 5) is 35.1. The number of carbonyl (C=O) groups excluding carboxylic acids is 1. The molecule has 2 aromatic rings. The van der Waals surface area contributed by atoms with Gasteiger partial charge in [0.05, 0.1) is 18.8 Å². The van der Waals surface area contributed by atoms with Crippen LogP contribution in [-0.2, 0) is 6.42 Å². The fourth-order valence-corrected chi connectivity index (χ4v) is 4.10. The molecule has 0 radical (unpaired) electrons. The lowest BCUT2D eigenvalue weighted by molar-refractivity contribution is 0.0998. The molecular formula is C23H29N5O5. The molecule has 0 saturated heterocycles. The highest BCUT2D eigenvalue weighted by molar-refractivity contribution is 5.94. The van der Waals surface area contributed by atoms with Gasteiger partial charge in [0.25, 0.3) is 0 Å². The monoisotopic (exact) mass is 455 g/mol. The molecule has 10 heteroatoms. The predicted octanol–water partition coefficient (Wildman–Crippen LogP) is 4.15. The lowest BCUT2D eigenvalue weighted by Gasteiger charge is -2.39. The molecule has 0 saturated carbocycles. The van der Waals surface area contributed by atoms with Crippen LogP contribution in [0.1, 0.15) is 62.0 Å². The van der Waals surface area contributed by atoms with Gasteiger partial charge in [-0.05, 0) is 48.8 Å². The van der Waals surface area contributed by atoms with Gasteiger partial charge in [-0.25, -0.2) is 0 Å². The van der Waals surface area contributed by atoms with E-state index in [0.29, 0.717) is 36.6 Å². The molecule has 1 aromatic heterocycles. The molecule has 3 N–H and O–H groups in total. The zero-order chi connectivity index (χ0) is 24.2. The van der Waals surface area contributed by atoms with Gasteiger partial charge in [-0.2, -0.15) is 5.11 Å². The summed E-state index contributed by atoms with van der Waals surface area (Å²) in [5, 5.41) is 19.9. The average molecular weight is 456 g/mol. The summed E-state index contributed by atoms with van der Waals surface area (Å²) in [6.07, 6.45) is 4.54. The number of rotatable bonds is 8. The summed E-state index contributed by atoms with van der Waals surface area (Å²) in [5.41, 5.74) is 1.11. The van der Waals surface area contributed by atoms with Gasteiger partial charge in [-0.3, -0.25) is 9.59 Å². The Kier molecular flexibility index (Phi) is 7.25. The van der Waals surface area contributed by atoms with Crippen molar-refractivity contribution in [3.8, 4) is 22.8 Å². The molecule has 0 fully saturated rings. The SMILES string of the molecule is CC(C)(C)[C@H]1Cc2cc(OCCCCCN=NN)c(O)cc2-c2cc(=O)c(C(=O)N=O)cn21. The molecular weight excluding hydrogens is 426 g/mol. The van der Waals surface area contributed by atoms with E-state index in [9.17, 15) is 19.6 Å². The minimum Gasteiger partial charge on any atom is -0.504 e. The molecule has 2 heterocycles. The second-order valence-corrected chi connectivity index (χ2v) is 9.19. The van der Waals surface area contributed by atoms with E-state index in [-0.39, 0.29) is 22.8 Å². The summed E-state index contributed by atoms with van der Waals surface area (Å²) in [5.74, 6) is 4.23. The fourth-order valence-electron chi connectivity index (χ4n) is 4.10. The topological polar surface area (TPSA) is 149 Å². The lowest BCUT2D eigenvalue weighted by atomic mass is 9.78. The van der Waals surface area contributed by atoms with Crippen LogP contribution in [0.2, 0.25) is 0 Å². The number of nitrogens with two attached hydrogens (primary N) is 1. The molecule has 1 amide bonds.